The first kappa shape index (κ1) is 16.1. The van der Waals surface area contributed by atoms with Gasteiger partial charge in [-0.25, -0.2) is 12.7 Å². The van der Waals surface area contributed by atoms with Gasteiger partial charge in [-0.2, -0.15) is 0 Å². The fourth-order valence-electron chi connectivity index (χ4n) is 2.41. The van der Waals surface area contributed by atoms with Gasteiger partial charge in [0.25, 0.3) is 0 Å². The monoisotopic (exact) mass is 313 g/mol. The molecule has 1 aliphatic heterocycles. The summed E-state index contributed by atoms with van der Waals surface area (Å²) in [6, 6.07) is 4.89. The number of hydrogen-bond donors (Lipinski definition) is 1. The predicted molar refractivity (Wildman–Crippen MR) is 84.0 cm³/mol. The summed E-state index contributed by atoms with van der Waals surface area (Å²) < 4.78 is 31.1. The van der Waals surface area contributed by atoms with Gasteiger partial charge < -0.3 is 15.4 Å². The van der Waals surface area contributed by atoms with Crippen molar-refractivity contribution < 1.29 is 13.2 Å². The predicted octanol–water partition coefficient (Wildman–Crippen LogP) is 1.13. The SMILES string of the molecule is CN(C)S(=O)(=O)c1ccc(N2CCOC(C)(C)C2)c(N)c1. The Morgan fingerprint density at radius 3 is 2.52 bits per heavy atom. The quantitative estimate of drug-likeness (QED) is 0.847. The standard InChI is InChI=1S/C14H23N3O3S/c1-14(2)10-17(7-8-20-14)13-6-5-11(9-12(13)15)21(18,19)16(3)4/h5-6,9H,7-8,10,15H2,1-4H3. The Hall–Kier alpha value is -1.31. The van der Waals surface area contributed by atoms with Crippen LogP contribution in [0.5, 0.6) is 0 Å². The summed E-state index contributed by atoms with van der Waals surface area (Å²) in [5.74, 6) is 0. The van der Waals surface area contributed by atoms with Gasteiger partial charge in [0.1, 0.15) is 0 Å². The molecule has 0 radical (unpaired) electrons. The lowest BCUT2D eigenvalue weighted by Crippen LogP contribution is -2.48. The molecule has 0 amide bonds. The third-order valence-electron chi connectivity index (χ3n) is 3.54. The average molecular weight is 313 g/mol. The van der Waals surface area contributed by atoms with E-state index in [1.165, 1.54) is 24.5 Å². The lowest BCUT2D eigenvalue weighted by Gasteiger charge is -2.40. The molecule has 0 aromatic heterocycles. The van der Waals surface area contributed by atoms with Crippen LogP contribution in [-0.2, 0) is 14.8 Å². The molecule has 1 saturated heterocycles. The topological polar surface area (TPSA) is 75.9 Å². The van der Waals surface area contributed by atoms with Crippen molar-refractivity contribution in [3.05, 3.63) is 18.2 Å². The number of ether oxygens (including phenoxy) is 1. The summed E-state index contributed by atoms with van der Waals surface area (Å²) in [5, 5.41) is 0. The highest BCUT2D eigenvalue weighted by molar-refractivity contribution is 7.89. The lowest BCUT2D eigenvalue weighted by molar-refractivity contribution is -0.0276. The van der Waals surface area contributed by atoms with E-state index in [4.69, 9.17) is 10.5 Å². The van der Waals surface area contributed by atoms with Crippen molar-refractivity contribution in [1.29, 1.82) is 0 Å². The molecule has 1 aromatic rings. The second-order valence-electron chi connectivity index (χ2n) is 6.04. The van der Waals surface area contributed by atoms with Gasteiger partial charge in [-0.3, -0.25) is 0 Å². The van der Waals surface area contributed by atoms with Crippen molar-refractivity contribution in [2.75, 3.05) is 44.4 Å². The molecular weight excluding hydrogens is 290 g/mol. The first-order valence-corrected chi connectivity index (χ1v) is 8.28. The Balaban J connectivity index is 2.32. The molecular formula is C14H23N3O3S. The van der Waals surface area contributed by atoms with Gasteiger partial charge in [0, 0.05) is 27.2 Å². The van der Waals surface area contributed by atoms with E-state index >= 15 is 0 Å². The minimum atomic E-state index is -3.46. The summed E-state index contributed by atoms with van der Waals surface area (Å²) in [7, 11) is -0.452. The second-order valence-corrected chi connectivity index (χ2v) is 8.19. The number of hydrogen-bond acceptors (Lipinski definition) is 5. The highest BCUT2D eigenvalue weighted by Crippen LogP contribution is 2.30. The van der Waals surface area contributed by atoms with E-state index in [1.54, 1.807) is 12.1 Å². The third-order valence-corrected chi connectivity index (χ3v) is 5.35. The summed E-state index contributed by atoms with van der Waals surface area (Å²) in [6.07, 6.45) is 0. The normalized spacial score (nSPS) is 19.0. The van der Waals surface area contributed by atoms with E-state index in [-0.39, 0.29) is 10.5 Å². The van der Waals surface area contributed by atoms with Crippen LogP contribution in [0, 0.1) is 0 Å². The second kappa shape index (κ2) is 5.47. The van der Waals surface area contributed by atoms with E-state index in [2.05, 4.69) is 4.90 Å². The molecule has 7 heteroatoms. The molecule has 0 saturated carbocycles. The molecule has 0 atom stereocenters. The lowest BCUT2D eigenvalue weighted by atomic mass is 10.1. The molecule has 1 heterocycles. The Morgan fingerprint density at radius 1 is 1.33 bits per heavy atom. The van der Waals surface area contributed by atoms with Crippen LogP contribution in [-0.4, -0.2) is 52.1 Å². The van der Waals surface area contributed by atoms with Gasteiger partial charge in [-0.05, 0) is 32.0 Å². The summed E-state index contributed by atoms with van der Waals surface area (Å²) in [4.78, 5) is 2.34. The van der Waals surface area contributed by atoms with Crippen molar-refractivity contribution in [3.63, 3.8) is 0 Å². The number of sulfonamides is 1. The van der Waals surface area contributed by atoms with Crippen LogP contribution in [0.4, 0.5) is 11.4 Å². The Bertz CT molecular complexity index is 626. The van der Waals surface area contributed by atoms with Crippen LogP contribution in [0.2, 0.25) is 0 Å². The van der Waals surface area contributed by atoms with Gasteiger partial charge in [0.05, 0.1) is 28.5 Å². The Morgan fingerprint density at radius 2 is 2.00 bits per heavy atom. The van der Waals surface area contributed by atoms with Crippen molar-refractivity contribution >= 4 is 21.4 Å². The number of nitrogens with zero attached hydrogens (tertiary/aromatic N) is 2. The first-order chi connectivity index (χ1) is 9.63. The number of morpholine rings is 1. The fraction of sp³-hybridized carbons (Fsp3) is 0.571. The third kappa shape index (κ3) is 3.30. The van der Waals surface area contributed by atoms with E-state index in [1.807, 2.05) is 13.8 Å². The maximum Gasteiger partial charge on any atom is 0.242 e. The Kier molecular flexibility index (Phi) is 4.19. The fourth-order valence-corrected chi connectivity index (χ4v) is 3.35. The molecule has 0 spiro atoms. The maximum atomic E-state index is 12.1. The number of rotatable bonds is 3. The molecule has 0 bridgehead atoms. The van der Waals surface area contributed by atoms with Crippen LogP contribution in [0.3, 0.4) is 0 Å². The molecule has 1 aliphatic rings. The summed E-state index contributed by atoms with van der Waals surface area (Å²) in [5.41, 5.74) is 7.15. The number of benzene rings is 1. The minimum absolute atomic E-state index is 0.210. The van der Waals surface area contributed by atoms with Crippen LogP contribution >= 0.6 is 0 Å². The zero-order valence-corrected chi connectivity index (χ0v) is 13.8. The molecule has 2 N–H and O–H groups in total. The van der Waals surface area contributed by atoms with E-state index in [0.717, 1.165) is 18.8 Å². The van der Waals surface area contributed by atoms with Crippen molar-refractivity contribution in [1.82, 2.24) is 4.31 Å². The van der Waals surface area contributed by atoms with Crippen LogP contribution in [0.15, 0.2) is 23.1 Å². The van der Waals surface area contributed by atoms with E-state index in [0.29, 0.717) is 12.3 Å². The zero-order chi connectivity index (χ0) is 15.8. The largest absolute Gasteiger partial charge is 0.397 e. The molecule has 21 heavy (non-hydrogen) atoms. The molecule has 6 nitrogen and oxygen atoms in total. The molecule has 2 rings (SSSR count). The summed E-state index contributed by atoms with van der Waals surface area (Å²) in [6.45, 7) is 6.15. The molecule has 1 fully saturated rings. The minimum Gasteiger partial charge on any atom is -0.397 e. The van der Waals surface area contributed by atoms with Crippen molar-refractivity contribution in [2.24, 2.45) is 0 Å². The maximum absolute atomic E-state index is 12.1. The van der Waals surface area contributed by atoms with Gasteiger partial charge in [0.2, 0.25) is 10.0 Å². The first-order valence-electron chi connectivity index (χ1n) is 6.84. The highest BCUT2D eigenvalue weighted by atomic mass is 32.2. The molecule has 0 aliphatic carbocycles. The van der Waals surface area contributed by atoms with Gasteiger partial charge in [-0.1, -0.05) is 0 Å². The van der Waals surface area contributed by atoms with Crippen molar-refractivity contribution in [3.8, 4) is 0 Å². The van der Waals surface area contributed by atoms with Gasteiger partial charge in [0.15, 0.2) is 0 Å². The Labute approximate surface area is 126 Å². The van der Waals surface area contributed by atoms with Gasteiger partial charge in [-0.15, -0.1) is 0 Å². The van der Waals surface area contributed by atoms with Crippen LogP contribution in [0.25, 0.3) is 0 Å². The van der Waals surface area contributed by atoms with Gasteiger partial charge >= 0.3 is 0 Å². The molecule has 118 valence electrons. The average Bonchev–Trinajstić information content (AvgIpc) is 2.37. The summed E-state index contributed by atoms with van der Waals surface area (Å²) >= 11 is 0. The molecule has 1 aromatic carbocycles. The van der Waals surface area contributed by atoms with E-state index < -0.39 is 10.0 Å². The number of nitrogen functional groups attached to an aromatic ring is 1. The van der Waals surface area contributed by atoms with Crippen LogP contribution < -0.4 is 10.6 Å². The molecule has 0 unspecified atom stereocenters. The zero-order valence-electron chi connectivity index (χ0n) is 13.0. The highest BCUT2D eigenvalue weighted by Gasteiger charge is 2.28. The van der Waals surface area contributed by atoms with Crippen molar-refractivity contribution in [2.45, 2.75) is 24.3 Å². The number of nitrogens with two attached hydrogens (primary N) is 1. The number of anilines is 2. The van der Waals surface area contributed by atoms with E-state index in [9.17, 15) is 8.42 Å². The smallest absolute Gasteiger partial charge is 0.242 e. The van der Waals surface area contributed by atoms with Crippen LogP contribution in [0.1, 0.15) is 13.8 Å².